The molecule has 2 rings (SSSR count). The maximum atomic E-state index is 12.8. The van der Waals surface area contributed by atoms with Gasteiger partial charge in [-0.1, -0.05) is 13.3 Å². The molecule has 33 heavy (non-hydrogen) atoms. The predicted octanol–water partition coefficient (Wildman–Crippen LogP) is 3.83. The third-order valence-corrected chi connectivity index (χ3v) is 4.93. The van der Waals surface area contributed by atoms with Crippen molar-refractivity contribution >= 4 is 11.8 Å². The summed E-state index contributed by atoms with van der Waals surface area (Å²) in [5.41, 5.74) is 0.917. The number of nitrogens with one attached hydrogen (secondary N) is 2. The molecule has 0 aliphatic heterocycles. The van der Waals surface area contributed by atoms with E-state index in [1.807, 2.05) is 20.8 Å². The molecule has 0 saturated heterocycles. The van der Waals surface area contributed by atoms with Gasteiger partial charge in [0.1, 0.15) is 0 Å². The van der Waals surface area contributed by atoms with E-state index in [-0.39, 0.29) is 17.9 Å². The van der Waals surface area contributed by atoms with Crippen molar-refractivity contribution in [3.8, 4) is 23.0 Å². The summed E-state index contributed by atoms with van der Waals surface area (Å²) in [6, 6.07) is 9.85. The van der Waals surface area contributed by atoms with Crippen molar-refractivity contribution in [3.63, 3.8) is 0 Å². The normalized spacial score (nSPS) is 11.3. The van der Waals surface area contributed by atoms with Gasteiger partial charge in [0.05, 0.1) is 27.4 Å². The molecule has 2 amide bonds. The summed E-state index contributed by atoms with van der Waals surface area (Å²) in [5, 5.41) is 5.91. The van der Waals surface area contributed by atoms with Crippen LogP contribution in [0.2, 0.25) is 0 Å². The number of methoxy groups -OCH3 is 2. The SMILES string of the molecule is CCC[C@@H](CNC(=O)c1ccc(OC)c(OCC)c1)NC(=O)c1ccc(OC)c(OCC)c1. The van der Waals surface area contributed by atoms with Gasteiger partial charge in [0.15, 0.2) is 23.0 Å². The summed E-state index contributed by atoms with van der Waals surface area (Å²) in [6.07, 6.45) is 1.57. The molecule has 1 atom stereocenters. The van der Waals surface area contributed by atoms with E-state index in [0.717, 1.165) is 6.42 Å². The molecule has 0 aliphatic carbocycles. The number of hydrogen-bond acceptors (Lipinski definition) is 6. The van der Waals surface area contributed by atoms with Crippen LogP contribution in [0.5, 0.6) is 23.0 Å². The average Bonchev–Trinajstić information content (AvgIpc) is 2.82. The van der Waals surface area contributed by atoms with Crippen LogP contribution in [0.1, 0.15) is 54.3 Å². The van der Waals surface area contributed by atoms with Gasteiger partial charge in [0.25, 0.3) is 11.8 Å². The number of benzene rings is 2. The Balaban J connectivity index is 2.06. The average molecular weight is 459 g/mol. The molecule has 8 heteroatoms. The zero-order valence-electron chi connectivity index (χ0n) is 20.0. The van der Waals surface area contributed by atoms with E-state index in [2.05, 4.69) is 10.6 Å². The minimum absolute atomic E-state index is 0.228. The highest BCUT2D eigenvalue weighted by Crippen LogP contribution is 2.29. The summed E-state index contributed by atoms with van der Waals surface area (Å²) in [5.74, 6) is 1.66. The zero-order valence-corrected chi connectivity index (χ0v) is 20.0. The number of carbonyl (C=O) groups excluding carboxylic acids is 2. The van der Waals surface area contributed by atoms with E-state index in [4.69, 9.17) is 18.9 Å². The molecule has 8 nitrogen and oxygen atoms in total. The summed E-state index contributed by atoms with van der Waals surface area (Å²) in [4.78, 5) is 25.5. The smallest absolute Gasteiger partial charge is 0.251 e. The molecule has 180 valence electrons. The molecule has 0 fully saturated rings. The summed E-state index contributed by atoms with van der Waals surface area (Å²) in [6.45, 7) is 6.98. The molecule has 0 radical (unpaired) electrons. The lowest BCUT2D eigenvalue weighted by molar-refractivity contribution is 0.0906. The van der Waals surface area contributed by atoms with Crippen molar-refractivity contribution in [3.05, 3.63) is 47.5 Å². The van der Waals surface area contributed by atoms with Crippen LogP contribution in [0.25, 0.3) is 0 Å². The molecule has 0 saturated carbocycles. The fourth-order valence-corrected chi connectivity index (χ4v) is 3.33. The van der Waals surface area contributed by atoms with Gasteiger partial charge in [0, 0.05) is 23.7 Å². The Hall–Kier alpha value is -3.42. The van der Waals surface area contributed by atoms with E-state index in [0.29, 0.717) is 60.3 Å². The molecule has 0 spiro atoms. The molecule has 2 aromatic carbocycles. The number of carbonyl (C=O) groups is 2. The highest BCUT2D eigenvalue weighted by molar-refractivity contribution is 5.96. The van der Waals surface area contributed by atoms with Crippen LogP contribution < -0.4 is 29.6 Å². The van der Waals surface area contributed by atoms with Gasteiger partial charge in [-0.05, 0) is 56.7 Å². The summed E-state index contributed by atoms with van der Waals surface area (Å²) >= 11 is 0. The van der Waals surface area contributed by atoms with E-state index < -0.39 is 0 Å². The van der Waals surface area contributed by atoms with Gasteiger partial charge in [-0.2, -0.15) is 0 Å². The van der Waals surface area contributed by atoms with Crippen molar-refractivity contribution in [2.24, 2.45) is 0 Å². The van der Waals surface area contributed by atoms with Crippen LogP contribution in [-0.4, -0.2) is 51.8 Å². The second kappa shape index (κ2) is 13.2. The second-order valence-electron chi connectivity index (χ2n) is 7.27. The predicted molar refractivity (Wildman–Crippen MR) is 127 cm³/mol. The van der Waals surface area contributed by atoms with Gasteiger partial charge < -0.3 is 29.6 Å². The first-order valence-corrected chi connectivity index (χ1v) is 11.2. The van der Waals surface area contributed by atoms with E-state index in [1.54, 1.807) is 50.6 Å². The van der Waals surface area contributed by atoms with E-state index >= 15 is 0 Å². The number of rotatable bonds is 13. The monoisotopic (exact) mass is 458 g/mol. The second-order valence-corrected chi connectivity index (χ2v) is 7.27. The van der Waals surface area contributed by atoms with E-state index in [9.17, 15) is 9.59 Å². The summed E-state index contributed by atoms with van der Waals surface area (Å²) in [7, 11) is 3.10. The number of amides is 2. The Kier molecular flexibility index (Phi) is 10.3. The first kappa shape index (κ1) is 25.8. The molecule has 0 bridgehead atoms. The van der Waals surface area contributed by atoms with Crippen molar-refractivity contribution in [2.75, 3.05) is 34.0 Å². The highest BCUT2D eigenvalue weighted by atomic mass is 16.5. The molecule has 0 heterocycles. The van der Waals surface area contributed by atoms with Gasteiger partial charge in [0.2, 0.25) is 0 Å². The lowest BCUT2D eigenvalue weighted by atomic mass is 10.1. The van der Waals surface area contributed by atoms with Crippen LogP contribution in [0.4, 0.5) is 0 Å². The topological polar surface area (TPSA) is 95.1 Å². The largest absolute Gasteiger partial charge is 0.493 e. The van der Waals surface area contributed by atoms with Crippen LogP contribution in [0.15, 0.2) is 36.4 Å². The highest BCUT2D eigenvalue weighted by Gasteiger charge is 2.17. The third-order valence-electron chi connectivity index (χ3n) is 4.93. The molecular weight excluding hydrogens is 424 g/mol. The first-order valence-electron chi connectivity index (χ1n) is 11.2. The lowest BCUT2D eigenvalue weighted by Crippen LogP contribution is -2.43. The Morgan fingerprint density at radius 2 is 1.30 bits per heavy atom. The number of hydrogen-bond donors (Lipinski definition) is 2. The molecule has 0 aliphatic rings. The Labute approximate surface area is 195 Å². The molecule has 0 unspecified atom stereocenters. The third kappa shape index (κ3) is 7.30. The molecule has 2 aromatic rings. The molecule has 2 N–H and O–H groups in total. The van der Waals surface area contributed by atoms with Crippen LogP contribution in [0.3, 0.4) is 0 Å². The van der Waals surface area contributed by atoms with Crippen LogP contribution in [-0.2, 0) is 0 Å². The Bertz CT molecular complexity index is 931. The van der Waals surface area contributed by atoms with Gasteiger partial charge in [-0.3, -0.25) is 9.59 Å². The van der Waals surface area contributed by atoms with Crippen LogP contribution >= 0.6 is 0 Å². The van der Waals surface area contributed by atoms with Gasteiger partial charge in [-0.25, -0.2) is 0 Å². The lowest BCUT2D eigenvalue weighted by Gasteiger charge is -2.20. The number of ether oxygens (including phenoxy) is 4. The standard InChI is InChI=1S/C25H34N2O6/c1-6-9-19(27-25(29)18-11-13-21(31-5)23(15-18)33-8-3)16-26-24(28)17-10-12-20(30-4)22(14-17)32-7-2/h10-15,19H,6-9,16H2,1-5H3,(H,26,28)(H,27,29)/t19-/m0/s1. The fraction of sp³-hybridized carbons (Fsp3) is 0.440. The van der Waals surface area contributed by atoms with Crippen molar-refractivity contribution in [1.82, 2.24) is 10.6 Å². The Morgan fingerprint density at radius 3 is 1.76 bits per heavy atom. The van der Waals surface area contributed by atoms with Crippen molar-refractivity contribution in [1.29, 1.82) is 0 Å². The maximum Gasteiger partial charge on any atom is 0.251 e. The fourth-order valence-electron chi connectivity index (χ4n) is 3.33. The summed E-state index contributed by atoms with van der Waals surface area (Å²) < 4.78 is 21.7. The van der Waals surface area contributed by atoms with E-state index in [1.165, 1.54) is 0 Å². The van der Waals surface area contributed by atoms with Gasteiger partial charge in [-0.15, -0.1) is 0 Å². The zero-order chi connectivity index (χ0) is 24.2. The molecule has 0 aromatic heterocycles. The molecular formula is C25H34N2O6. The van der Waals surface area contributed by atoms with Crippen LogP contribution in [0, 0.1) is 0 Å². The van der Waals surface area contributed by atoms with Gasteiger partial charge >= 0.3 is 0 Å². The van der Waals surface area contributed by atoms with Crippen molar-refractivity contribution in [2.45, 2.75) is 39.7 Å². The Morgan fingerprint density at radius 1 is 0.788 bits per heavy atom. The van der Waals surface area contributed by atoms with Crippen molar-refractivity contribution < 1.29 is 28.5 Å². The minimum Gasteiger partial charge on any atom is -0.493 e. The quantitative estimate of drug-likeness (QED) is 0.474. The minimum atomic E-state index is -0.253. The maximum absolute atomic E-state index is 12.8. The first-order chi connectivity index (χ1) is 16.0.